The van der Waals surface area contributed by atoms with Crippen LogP contribution in [0.15, 0.2) is 12.7 Å². The summed E-state index contributed by atoms with van der Waals surface area (Å²) in [5.41, 5.74) is 15.4. The molecule has 0 saturated carbocycles. The lowest BCUT2D eigenvalue weighted by Crippen LogP contribution is -2.05. The zero-order valence-electron chi connectivity index (χ0n) is 12.2. The first-order chi connectivity index (χ1) is 9.87. The molecule has 0 bridgehead atoms. The fourth-order valence-electron chi connectivity index (χ4n) is 0.631. The number of hydrogen-bond donors (Lipinski definition) is 4. The number of nitrogens with two attached hydrogens (primary N) is 3. The minimum absolute atomic E-state index is 0.0417. The molecule has 0 fully saturated rings. The van der Waals surface area contributed by atoms with E-state index in [1.807, 2.05) is 20.6 Å². The van der Waals surface area contributed by atoms with E-state index >= 15 is 0 Å². The minimum atomic E-state index is -0.981. The Morgan fingerprint density at radius 1 is 1.10 bits per heavy atom. The van der Waals surface area contributed by atoms with Crippen molar-refractivity contribution in [2.75, 3.05) is 30.4 Å². The Labute approximate surface area is 123 Å². The number of aliphatic carboxylic acids is 1. The molecule has 0 amide bonds. The molecule has 10 nitrogen and oxygen atoms in total. The van der Waals surface area contributed by atoms with E-state index < -0.39 is 5.97 Å². The summed E-state index contributed by atoms with van der Waals surface area (Å²) < 4.78 is 4.83. The van der Waals surface area contributed by atoms with Crippen molar-refractivity contribution in [3.8, 4) is 0 Å². The number of carboxylic acids is 1. The molecule has 0 radical (unpaired) electrons. The van der Waals surface area contributed by atoms with E-state index in [9.17, 15) is 4.79 Å². The van der Waals surface area contributed by atoms with E-state index in [0.29, 0.717) is 0 Å². The molecule has 120 valence electrons. The van der Waals surface area contributed by atoms with Gasteiger partial charge in [-0.3, -0.25) is 0 Å². The zero-order chi connectivity index (χ0) is 17.3. The highest BCUT2D eigenvalue weighted by Gasteiger charge is 1.93. The Bertz CT molecular complexity index is 350. The van der Waals surface area contributed by atoms with Crippen LogP contribution in [0.4, 0.5) is 17.8 Å². The molecule has 0 spiro atoms. The van der Waals surface area contributed by atoms with E-state index in [1.165, 1.54) is 0 Å². The van der Waals surface area contributed by atoms with Crippen LogP contribution in [0.25, 0.3) is 0 Å². The SMILES string of the molecule is C=CC(=O)O.C=O.CCOCC.Nc1nc(N)nc(N)n1. The molecule has 21 heavy (non-hydrogen) atoms. The second-order valence-electron chi connectivity index (χ2n) is 2.73. The molecule has 7 N–H and O–H groups in total. The van der Waals surface area contributed by atoms with Crippen LogP contribution in [-0.4, -0.2) is 46.0 Å². The largest absolute Gasteiger partial charge is 0.478 e. The number of nitrogen functional groups attached to an aromatic ring is 3. The molecule has 0 atom stereocenters. The van der Waals surface area contributed by atoms with Gasteiger partial charge >= 0.3 is 5.97 Å². The molecule has 10 heteroatoms. The van der Waals surface area contributed by atoms with Crippen molar-refractivity contribution in [3.05, 3.63) is 12.7 Å². The average molecular weight is 302 g/mol. The first-order valence-electron chi connectivity index (χ1n) is 5.61. The predicted octanol–water partition coefficient (Wildman–Crippen LogP) is -0.267. The monoisotopic (exact) mass is 302 g/mol. The molecule has 0 unspecified atom stereocenters. The topological polar surface area (TPSA) is 180 Å². The van der Waals surface area contributed by atoms with E-state index in [0.717, 1.165) is 19.3 Å². The summed E-state index contributed by atoms with van der Waals surface area (Å²) in [7, 11) is 0. The Morgan fingerprint density at radius 3 is 1.43 bits per heavy atom. The number of carbonyl (C=O) groups is 2. The van der Waals surface area contributed by atoms with Crippen LogP contribution < -0.4 is 17.2 Å². The second kappa shape index (κ2) is 17.2. The summed E-state index contributed by atoms with van der Waals surface area (Å²) in [6.45, 7) is 10.6. The predicted molar refractivity (Wildman–Crippen MR) is 80.2 cm³/mol. The molecule has 1 rings (SSSR count). The van der Waals surface area contributed by atoms with Gasteiger partial charge in [0, 0.05) is 19.3 Å². The van der Waals surface area contributed by atoms with Gasteiger partial charge in [0.25, 0.3) is 0 Å². The summed E-state index contributed by atoms with van der Waals surface area (Å²) in [5, 5.41) is 7.60. The lowest BCUT2D eigenvalue weighted by atomic mass is 10.7. The molecule has 0 saturated heterocycles. The third-order valence-corrected chi connectivity index (χ3v) is 1.27. The van der Waals surface area contributed by atoms with Crippen molar-refractivity contribution in [2.45, 2.75) is 13.8 Å². The first kappa shape index (κ1) is 23.4. The molecule has 0 aromatic carbocycles. The highest BCUT2D eigenvalue weighted by atomic mass is 16.5. The van der Waals surface area contributed by atoms with Gasteiger partial charge < -0.3 is 31.8 Å². The summed E-state index contributed by atoms with van der Waals surface area (Å²) in [6, 6.07) is 0. The zero-order valence-corrected chi connectivity index (χ0v) is 12.2. The number of carboxylic acid groups (broad SMARTS) is 1. The average Bonchev–Trinajstić information content (AvgIpc) is 2.41. The van der Waals surface area contributed by atoms with E-state index in [1.54, 1.807) is 0 Å². The van der Waals surface area contributed by atoms with Gasteiger partial charge in [-0.25, -0.2) is 4.79 Å². The van der Waals surface area contributed by atoms with E-state index in [2.05, 4.69) is 21.5 Å². The maximum absolute atomic E-state index is 9.25. The Morgan fingerprint density at radius 2 is 1.33 bits per heavy atom. The molecule has 1 aromatic heterocycles. The van der Waals surface area contributed by atoms with Gasteiger partial charge in [0.2, 0.25) is 17.8 Å². The molecule has 0 aliphatic carbocycles. The number of nitrogens with zero attached hydrogens (tertiary/aromatic N) is 3. The van der Waals surface area contributed by atoms with Crippen molar-refractivity contribution in [1.82, 2.24) is 15.0 Å². The van der Waals surface area contributed by atoms with Crippen molar-refractivity contribution in [3.63, 3.8) is 0 Å². The van der Waals surface area contributed by atoms with Crippen LogP contribution in [-0.2, 0) is 14.3 Å². The van der Waals surface area contributed by atoms with Crippen molar-refractivity contribution >= 4 is 30.6 Å². The maximum Gasteiger partial charge on any atom is 0.327 e. The highest BCUT2D eigenvalue weighted by Crippen LogP contribution is 1.97. The van der Waals surface area contributed by atoms with Gasteiger partial charge in [0.15, 0.2) is 0 Å². The fourth-order valence-corrected chi connectivity index (χ4v) is 0.631. The van der Waals surface area contributed by atoms with Crippen LogP contribution in [0.3, 0.4) is 0 Å². The normalized spacial score (nSPS) is 7.71. The lowest BCUT2D eigenvalue weighted by Gasteiger charge is -1.93. The van der Waals surface area contributed by atoms with Crippen LogP contribution in [0.1, 0.15) is 13.8 Å². The first-order valence-corrected chi connectivity index (χ1v) is 5.61. The maximum atomic E-state index is 9.25. The second-order valence-corrected chi connectivity index (χ2v) is 2.73. The summed E-state index contributed by atoms with van der Waals surface area (Å²) >= 11 is 0. The number of carbonyl (C=O) groups excluding carboxylic acids is 1. The number of rotatable bonds is 3. The molecule has 0 aliphatic rings. The summed E-state index contributed by atoms with van der Waals surface area (Å²) in [4.78, 5) is 27.7. The summed E-state index contributed by atoms with van der Waals surface area (Å²) in [6.07, 6.45) is 0.833. The minimum Gasteiger partial charge on any atom is -0.478 e. The van der Waals surface area contributed by atoms with Crippen LogP contribution >= 0.6 is 0 Å². The van der Waals surface area contributed by atoms with Crippen molar-refractivity contribution in [1.29, 1.82) is 0 Å². The number of ether oxygens (including phenoxy) is 1. The van der Waals surface area contributed by atoms with Gasteiger partial charge in [0.05, 0.1) is 0 Å². The van der Waals surface area contributed by atoms with Gasteiger partial charge in [0.1, 0.15) is 6.79 Å². The standard InChI is InChI=1S/C4H10O.C3H6N6.C3H4O2.CH2O/c1-3-5-4-2;4-1-7-2(5)9-3(6)8-1;1-2-3(4)5;1-2/h3-4H2,1-2H3;(H6,4,5,6,7,8,9);2H,1H2,(H,4,5);1H2. The summed E-state index contributed by atoms with van der Waals surface area (Å²) in [5.74, 6) is -0.856. The fraction of sp³-hybridized carbons (Fsp3) is 0.364. The Kier molecular flexibility index (Phi) is 19.2. The van der Waals surface area contributed by atoms with Crippen LogP contribution in [0.5, 0.6) is 0 Å². The highest BCUT2D eigenvalue weighted by molar-refractivity contribution is 5.78. The lowest BCUT2D eigenvalue weighted by molar-refractivity contribution is -0.131. The Balaban J connectivity index is -0.000000234. The third kappa shape index (κ3) is 22.9. The van der Waals surface area contributed by atoms with Gasteiger partial charge in [-0.05, 0) is 13.8 Å². The quantitative estimate of drug-likeness (QED) is 0.542. The third-order valence-electron chi connectivity index (χ3n) is 1.27. The van der Waals surface area contributed by atoms with E-state index in [-0.39, 0.29) is 17.8 Å². The smallest absolute Gasteiger partial charge is 0.327 e. The molecule has 1 heterocycles. The van der Waals surface area contributed by atoms with Gasteiger partial charge in [-0.1, -0.05) is 6.58 Å². The van der Waals surface area contributed by atoms with Crippen molar-refractivity contribution in [2.24, 2.45) is 0 Å². The molecular weight excluding hydrogens is 280 g/mol. The molecule has 1 aromatic rings. The number of anilines is 3. The number of aromatic nitrogens is 3. The molecule has 0 aliphatic heterocycles. The van der Waals surface area contributed by atoms with Gasteiger partial charge in [-0.15, -0.1) is 0 Å². The number of hydrogen-bond acceptors (Lipinski definition) is 9. The van der Waals surface area contributed by atoms with E-state index in [4.69, 9.17) is 31.8 Å². The van der Waals surface area contributed by atoms with Crippen molar-refractivity contribution < 1.29 is 19.4 Å². The van der Waals surface area contributed by atoms with Gasteiger partial charge in [-0.2, -0.15) is 15.0 Å². The Hall–Kier alpha value is -2.75. The van der Waals surface area contributed by atoms with Crippen LogP contribution in [0, 0.1) is 0 Å². The molecular formula is C11H22N6O4. The van der Waals surface area contributed by atoms with Crippen LogP contribution in [0.2, 0.25) is 0 Å².